The van der Waals surface area contributed by atoms with Gasteiger partial charge in [-0.05, 0) is 24.3 Å². The van der Waals surface area contributed by atoms with Crippen molar-refractivity contribution in [3.8, 4) is 17.4 Å². The topological polar surface area (TPSA) is 44.2 Å². The summed E-state index contributed by atoms with van der Waals surface area (Å²) in [7, 11) is 1.58. The van der Waals surface area contributed by atoms with Gasteiger partial charge in [0.05, 0.1) is 18.0 Å². The molecule has 3 rings (SSSR count). The molecule has 2 aromatic carbocycles. The number of hydrogen-bond donors (Lipinski definition) is 0. The van der Waals surface area contributed by atoms with E-state index >= 15 is 0 Å². The number of methoxy groups -OCH3 is 1. The number of rotatable bonds is 3. The molecule has 0 aliphatic carbocycles. The van der Waals surface area contributed by atoms with Crippen LogP contribution >= 0.6 is 34.8 Å². The average molecular weight is 370 g/mol. The fraction of sp³-hybridized carbons (Fsp3) is 0.125. The SMILES string of the molecule is COc1cccc(Oc2nc(C(Cl)(Cl)Cl)nc3ccccc23)c1. The van der Waals surface area contributed by atoms with Gasteiger partial charge < -0.3 is 9.47 Å². The molecule has 0 aliphatic heterocycles. The third kappa shape index (κ3) is 3.61. The minimum atomic E-state index is -1.74. The number of nitrogens with zero attached hydrogens (tertiary/aromatic N) is 2. The van der Waals surface area contributed by atoms with E-state index in [4.69, 9.17) is 44.3 Å². The molecule has 1 heterocycles. The summed E-state index contributed by atoms with van der Waals surface area (Å²) < 4.78 is 9.31. The minimum Gasteiger partial charge on any atom is -0.497 e. The van der Waals surface area contributed by atoms with Crippen LogP contribution in [0.2, 0.25) is 0 Å². The second-order valence-corrected chi connectivity index (χ2v) is 6.93. The van der Waals surface area contributed by atoms with Crippen LogP contribution in [0, 0.1) is 0 Å². The quantitative estimate of drug-likeness (QED) is 0.591. The fourth-order valence-electron chi connectivity index (χ4n) is 2.03. The van der Waals surface area contributed by atoms with Crippen molar-refractivity contribution in [3.63, 3.8) is 0 Å². The zero-order valence-electron chi connectivity index (χ0n) is 12.0. The summed E-state index contributed by atoms with van der Waals surface area (Å²) in [5.41, 5.74) is 0.627. The van der Waals surface area contributed by atoms with Crippen LogP contribution in [0.1, 0.15) is 5.82 Å². The van der Waals surface area contributed by atoms with Crippen LogP contribution in [0.5, 0.6) is 17.4 Å². The Morgan fingerprint density at radius 2 is 1.65 bits per heavy atom. The lowest BCUT2D eigenvalue weighted by molar-refractivity contribution is 0.407. The van der Waals surface area contributed by atoms with E-state index in [1.54, 1.807) is 25.3 Å². The number of alkyl halides is 3. The van der Waals surface area contributed by atoms with Crippen LogP contribution in [0.3, 0.4) is 0 Å². The Morgan fingerprint density at radius 3 is 2.39 bits per heavy atom. The Hall–Kier alpha value is -1.75. The van der Waals surface area contributed by atoms with Gasteiger partial charge in [-0.1, -0.05) is 53.0 Å². The molecule has 0 bridgehead atoms. The summed E-state index contributed by atoms with van der Waals surface area (Å²) in [6.07, 6.45) is 0. The van der Waals surface area contributed by atoms with Gasteiger partial charge >= 0.3 is 0 Å². The molecule has 0 spiro atoms. The van der Waals surface area contributed by atoms with Gasteiger partial charge in [0.25, 0.3) is 0 Å². The zero-order chi connectivity index (χ0) is 16.4. The van der Waals surface area contributed by atoms with Gasteiger partial charge in [-0.25, -0.2) is 4.98 Å². The highest BCUT2D eigenvalue weighted by molar-refractivity contribution is 6.66. The van der Waals surface area contributed by atoms with Crippen molar-refractivity contribution in [2.24, 2.45) is 0 Å². The first-order chi connectivity index (χ1) is 11.0. The molecule has 0 saturated heterocycles. The summed E-state index contributed by atoms with van der Waals surface area (Å²) in [4.78, 5) is 8.52. The molecule has 4 nitrogen and oxygen atoms in total. The number of fused-ring (bicyclic) bond motifs is 1. The summed E-state index contributed by atoms with van der Waals surface area (Å²) in [5, 5.41) is 0.716. The van der Waals surface area contributed by atoms with Crippen LogP contribution in [-0.4, -0.2) is 17.1 Å². The van der Waals surface area contributed by atoms with Gasteiger partial charge in [-0.2, -0.15) is 4.98 Å². The Balaban J connectivity index is 2.11. The standard InChI is InChI=1S/C16H11Cl3N2O2/c1-22-10-5-4-6-11(9-10)23-14-12-7-2-3-8-13(12)20-15(21-14)16(17,18)19/h2-9H,1H3. The molecular weight excluding hydrogens is 359 g/mol. The number of hydrogen-bond acceptors (Lipinski definition) is 4. The average Bonchev–Trinajstić information content (AvgIpc) is 2.54. The van der Waals surface area contributed by atoms with E-state index in [0.29, 0.717) is 28.3 Å². The molecule has 0 saturated carbocycles. The van der Waals surface area contributed by atoms with Gasteiger partial charge in [0.1, 0.15) is 11.5 Å². The van der Waals surface area contributed by atoms with E-state index < -0.39 is 3.79 Å². The van der Waals surface area contributed by atoms with Crippen molar-refractivity contribution in [2.75, 3.05) is 7.11 Å². The Bertz CT molecular complexity index is 850. The third-order valence-electron chi connectivity index (χ3n) is 3.08. The van der Waals surface area contributed by atoms with E-state index in [1.807, 2.05) is 30.3 Å². The number of ether oxygens (including phenoxy) is 2. The Labute approximate surface area is 147 Å². The lowest BCUT2D eigenvalue weighted by Crippen LogP contribution is -2.08. The van der Waals surface area contributed by atoms with Gasteiger partial charge in [0, 0.05) is 6.07 Å². The van der Waals surface area contributed by atoms with Gasteiger partial charge in [0.15, 0.2) is 5.82 Å². The largest absolute Gasteiger partial charge is 0.497 e. The maximum absolute atomic E-state index is 5.91. The highest BCUT2D eigenvalue weighted by atomic mass is 35.6. The van der Waals surface area contributed by atoms with Crippen molar-refractivity contribution in [1.82, 2.24) is 9.97 Å². The molecule has 118 valence electrons. The second kappa shape index (κ2) is 6.40. The van der Waals surface area contributed by atoms with Gasteiger partial charge in [0.2, 0.25) is 9.67 Å². The van der Waals surface area contributed by atoms with E-state index in [1.165, 1.54) is 0 Å². The predicted octanol–water partition coefficient (Wildman–Crippen LogP) is 5.26. The Kier molecular flexibility index (Phi) is 4.48. The number of aromatic nitrogens is 2. The molecule has 7 heteroatoms. The molecular formula is C16H11Cl3N2O2. The summed E-state index contributed by atoms with van der Waals surface area (Å²) >= 11 is 17.7. The highest BCUT2D eigenvalue weighted by Gasteiger charge is 2.28. The number of halogens is 3. The molecule has 3 aromatic rings. The monoisotopic (exact) mass is 368 g/mol. The first-order valence-corrected chi connectivity index (χ1v) is 7.76. The van der Waals surface area contributed by atoms with Crippen molar-refractivity contribution >= 4 is 45.7 Å². The van der Waals surface area contributed by atoms with E-state index in [2.05, 4.69) is 9.97 Å². The lowest BCUT2D eigenvalue weighted by Gasteiger charge is -2.14. The van der Waals surface area contributed by atoms with Crippen molar-refractivity contribution < 1.29 is 9.47 Å². The van der Waals surface area contributed by atoms with Crippen LogP contribution in [0.25, 0.3) is 10.9 Å². The molecule has 0 fully saturated rings. The third-order valence-corrected chi connectivity index (χ3v) is 3.58. The van der Waals surface area contributed by atoms with Crippen molar-refractivity contribution in [2.45, 2.75) is 3.79 Å². The minimum absolute atomic E-state index is 0.0547. The highest BCUT2D eigenvalue weighted by Crippen LogP contribution is 2.39. The molecule has 0 atom stereocenters. The van der Waals surface area contributed by atoms with Crippen molar-refractivity contribution in [1.29, 1.82) is 0 Å². The maximum Gasteiger partial charge on any atom is 0.250 e. The number of benzene rings is 2. The summed E-state index contributed by atoms with van der Waals surface area (Å²) in [6, 6.07) is 14.5. The molecule has 0 radical (unpaired) electrons. The second-order valence-electron chi connectivity index (χ2n) is 4.65. The molecule has 0 aliphatic rings. The Morgan fingerprint density at radius 1 is 0.913 bits per heavy atom. The van der Waals surface area contributed by atoms with Crippen LogP contribution in [0.15, 0.2) is 48.5 Å². The lowest BCUT2D eigenvalue weighted by atomic mass is 10.2. The molecule has 23 heavy (non-hydrogen) atoms. The van der Waals surface area contributed by atoms with Gasteiger partial charge in [-0.15, -0.1) is 0 Å². The van der Waals surface area contributed by atoms with Crippen LogP contribution < -0.4 is 9.47 Å². The predicted molar refractivity (Wildman–Crippen MR) is 91.8 cm³/mol. The molecule has 0 unspecified atom stereocenters. The first-order valence-electron chi connectivity index (χ1n) is 6.63. The van der Waals surface area contributed by atoms with E-state index in [-0.39, 0.29) is 5.82 Å². The summed E-state index contributed by atoms with van der Waals surface area (Å²) in [5.74, 6) is 1.59. The maximum atomic E-state index is 5.91. The van der Waals surface area contributed by atoms with Gasteiger partial charge in [-0.3, -0.25) is 0 Å². The van der Waals surface area contributed by atoms with E-state index in [9.17, 15) is 0 Å². The number of para-hydroxylation sites is 1. The summed E-state index contributed by atoms with van der Waals surface area (Å²) in [6.45, 7) is 0. The molecule has 1 aromatic heterocycles. The van der Waals surface area contributed by atoms with Crippen molar-refractivity contribution in [3.05, 3.63) is 54.4 Å². The van der Waals surface area contributed by atoms with Crippen LogP contribution in [-0.2, 0) is 3.79 Å². The van der Waals surface area contributed by atoms with E-state index in [0.717, 1.165) is 0 Å². The molecule has 0 N–H and O–H groups in total. The fourth-order valence-corrected chi connectivity index (χ4v) is 2.28. The normalized spacial score (nSPS) is 11.5. The van der Waals surface area contributed by atoms with Crippen LogP contribution in [0.4, 0.5) is 0 Å². The molecule has 0 amide bonds. The zero-order valence-corrected chi connectivity index (χ0v) is 14.2. The smallest absolute Gasteiger partial charge is 0.250 e. The first kappa shape index (κ1) is 16.1.